The van der Waals surface area contributed by atoms with E-state index in [-0.39, 0.29) is 31.4 Å². The Labute approximate surface area is 382 Å². The van der Waals surface area contributed by atoms with Gasteiger partial charge in [0.2, 0.25) is 27.4 Å². The van der Waals surface area contributed by atoms with Crippen LogP contribution in [0.15, 0.2) is 67.0 Å². The zero-order chi connectivity index (χ0) is 48.0. The van der Waals surface area contributed by atoms with Gasteiger partial charge in [0, 0.05) is 42.4 Å². The van der Waals surface area contributed by atoms with Crippen LogP contribution in [0.25, 0.3) is 17.1 Å². The van der Waals surface area contributed by atoms with Gasteiger partial charge in [-0.3, -0.25) is 19.1 Å². The summed E-state index contributed by atoms with van der Waals surface area (Å²) in [5.41, 5.74) is -3.36. The van der Waals surface area contributed by atoms with Crippen molar-refractivity contribution in [2.24, 2.45) is 17.8 Å². The molecule has 3 N–H and O–H groups in total. The van der Waals surface area contributed by atoms with E-state index in [1.165, 1.54) is 16.5 Å². The highest BCUT2D eigenvalue weighted by molar-refractivity contribution is 7.91. The molecule has 0 spiro atoms. The number of nitrogens with one attached hydrogen (secondary N) is 3. The number of sulfonamides is 1. The lowest BCUT2D eigenvalue weighted by Gasteiger charge is -2.34. The van der Waals surface area contributed by atoms with Crippen LogP contribution < -0.4 is 24.8 Å². The van der Waals surface area contributed by atoms with Gasteiger partial charge in [0.25, 0.3) is 5.91 Å². The molecule has 3 aromatic rings. The molecule has 0 bridgehead atoms. The molecule has 66 heavy (non-hydrogen) atoms. The number of benzene rings is 1. The van der Waals surface area contributed by atoms with Gasteiger partial charge in [-0.2, -0.15) is 18.3 Å². The molecule has 3 fully saturated rings. The minimum Gasteiger partial charge on any atom is -0.491 e. The van der Waals surface area contributed by atoms with E-state index in [1.807, 2.05) is 51.1 Å². The normalized spacial score (nSPS) is 26.8. The summed E-state index contributed by atoms with van der Waals surface area (Å²) in [5, 5.41) is 9.56. The summed E-state index contributed by atoms with van der Waals surface area (Å²) in [6, 6.07) is 9.54. The number of alkyl halides is 3. The van der Waals surface area contributed by atoms with Crippen molar-refractivity contribution >= 4 is 33.8 Å². The number of pyridine rings is 1. The van der Waals surface area contributed by atoms with Crippen LogP contribution in [0, 0.1) is 17.8 Å². The second-order valence-corrected chi connectivity index (χ2v) is 21.4. The molecular formula is C46H58F3N7O9S. The highest BCUT2D eigenvalue weighted by Crippen LogP contribution is 2.48. The molecule has 4 aliphatic rings. The molecular weight excluding hydrogens is 884 g/mol. The van der Waals surface area contributed by atoms with Crippen molar-refractivity contribution in [2.45, 2.75) is 140 Å². The number of carbonyl (C=O) groups excluding carboxylic acids is 4. The number of fused-ring (bicyclic) bond motifs is 2. The van der Waals surface area contributed by atoms with Gasteiger partial charge in [0.15, 0.2) is 5.82 Å². The Kier molecular flexibility index (Phi) is 13.3. The second kappa shape index (κ2) is 18.2. The summed E-state index contributed by atoms with van der Waals surface area (Å²) in [4.78, 5) is 63.0. The molecule has 7 rings (SSSR count). The average Bonchev–Trinajstić information content (AvgIpc) is 3.98. The van der Waals surface area contributed by atoms with Crippen LogP contribution in [0.4, 0.5) is 18.0 Å². The molecule has 7 unspecified atom stereocenters. The molecule has 16 nitrogen and oxygen atoms in total. The summed E-state index contributed by atoms with van der Waals surface area (Å²) >= 11 is 0. The van der Waals surface area contributed by atoms with Gasteiger partial charge in [-0.05, 0) is 115 Å². The number of hydrogen-bond acceptors (Lipinski definition) is 11. The Morgan fingerprint density at radius 1 is 1.03 bits per heavy atom. The number of aromatic nitrogens is 3. The van der Waals surface area contributed by atoms with Crippen LogP contribution in [0.3, 0.4) is 0 Å². The van der Waals surface area contributed by atoms with Crippen molar-refractivity contribution < 1.29 is 55.0 Å². The zero-order valence-electron chi connectivity index (χ0n) is 38.1. The first-order chi connectivity index (χ1) is 30.9. The highest BCUT2D eigenvalue weighted by atomic mass is 32.2. The predicted molar refractivity (Wildman–Crippen MR) is 236 cm³/mol. The van der Waals surface area contributed by atoms with Crippen molar-refractivity contribution in [2.75, 3.05) is 6.54 Å². The van der Waals surface area contributed by atoms with Crippen molar-refractivity contribution in [3.63, 3.8) is 0 Å². The van der Waals surface area contributed by atoms with Gasteiger partial charge in [0.1, 0.15) is 35.2 Å². The molecule has 20 heteroatoms. The first kappa shape index (κ1) is 48.3. The maximum atomic E-state index is 15.0. The maximum absolute atomic E-state index is 15.0. The molecule has 1 saturated heterocycles. The van der Waals surface area contributed by atoms with Crippen molar-refractivity contribution in [3.05, 3.63) is 67.0 Å². The Bertz CT molecular complexity index is 2440. The maximum Gasteiger partial charge on any atom is 0.427 e. The molecule has 7 atom stereocenters. The smallest absolute Gasteiger partial charge is 0.427 e. The van der Waals surface area contributed by atoms with Gasteiger partial charge in [-0.25, -0.2) is 22.9 Å². The fourth-order valence-electron chi connectivity index (χ4n) is 8.44. The first-order valence-electron chi connectivity index (χ1n) is 22.3. The standard InChI is InChI=1S/C46H58F3N7O9S/c1-27(2)63-32-15-13-30(14-16-32)35-22-33(24-37(51-35)56-20-10-19-50-56)64-34-23-36-39(57)53-45(41(59)54-66(61,62)44(7)17-18-44)25-31(45)12-9-8-11-28(3)21-29(4)38(40(58)55(36)26-34)52-42(60)65-43(5,6)46(47,48)49/h9-10,12-16,19-20,22,24,27-29,31,34,36,38H,8,11,17-18,21,23,25-26H2,1-7H3,(H,52,60)(H,53,57)(H,54,59). The number of halogens is 3. The molecule has 4 amide bonds. The van der Waals surface area contributed by atoms with E-state index in [0.717, 1.165) is 0 Å². The van der Waals surface area contributed by atoms with Gasteiger partial charge in [-0.1, -0.05) is 26.0 Å². The quantitative estimate of drug-likeness (QED) is 0.180. The van der Waals surface area contributed by atoms with E-state index in [2.05, 4.69) is 20.5 Å². The van der Waals surface area contributed by atoms with E-state index in [4.69, 9.17) is 19.2 Å². The molecule has 0 radical (unpaired) electrons. The van der Waals surface area contributed by atoms with Gasteiger partial charge in [-0.15, -0.1) is 0 Å². The third kappa shape index (κ3) is 10.5. The first-order valence-corrected chi connectivity index (χ1v) is 23.8. The lowest BCUT2D eigenvalue weighted by Crippen LogP contribution is -2.59. The fraction of sp³-hybridized carbons (Fsp3) is 0.565. The van der Waals surface area contributed by atoms with E-state index < -0.39 is 85.9 Å². The lowest BCUT2D eigenvalue weighted by atomic mass is 9.88. The van der Waals surface area contributed by atoms with Gasteiger partial charge < -0.3 is 29.7 Å². The predicted octanol–water partition coefficient (Wildman–Crippen LogP) is 6.39. The lowest BCUT2D eigenvalue weighted by molar-refractivity contribution is -0.244. The third-order valence-electron chi connectivity index (χ3n) is 12.9. The minimum atomic E-state index is -4.93. The molecule has 2 aromatic heterocycles. The Hall–Kier alpha value is -5.66. The van der Waals surface area contributed by atoms with Crippen molar-refractivity contribution in [1.82, 2.24) is 35.0 Å². The Morgan fingerprint density at radius 3 is 2.38 bits per heavy atom. The molecule has 2 aliphatic heterocycles. The van der Waals surface area contributed by atoms with E-state index >= 15 is 0 Å². The summed E-state index contributed by atoms with van der Waals surface area (Å²) in [6.07, 6.45) is 1.76. The zero-order valence-corrected chi connectivity index (χ0v) is 38.9. The van der Waals surface area contributed by atoms with E-state index in [9.17, 15) is 40.8 Å². The summed E-state index contributed by atoms with van der Waals surface area (Å²) in [5.74, 6) is -2.42. The number of rotatable bonds is 11. The van der Waals surface area contributed by atoms with Crippen molar-refractivity contribution in [1.29, 1.82) is 0 Å². The van der Waals surface area contributed by atoms with E-state index in [1.54, 1.807) is 43.6 Å². The molecule has 358 valence electrons. The monoisotopic (exact) mass is 941 g/mol. The minimum absolute atomic E-state index is 0.0443. The number of hydrogen-bond donors (Lipinski definition) is 3. The molecule has 4 heterocycles. The fourth-order valence-corrected chi connectivity index (χ4v) is 9.75. The van der Waals surface area contributed by atoms with Crippen LogP contribution >= 0.6 is 0 Å². The van der Waals surface area contributed by atoms with Crippen LogP contribution in [-0.2, 0) is 29.1 Å². The van der Waals surface area contributed by atoms with Gasteiger partial charge >= 0.3 is 12.3 Å². The largest absolute Gasteiger partial charge is 0.491 e. The Balaban J connectivity index is 1.24. The molecule has 2 aliphatic carbocycles. The number of allylic oxidation sites excluding steroid dienone is 1. The number of ether oxygens (including phenoxy) is 3. The van der Waals surface area contributed by atoms with E-state index in [0.29, 0.717) is 74.5 Å². The Morgan fingerprint density at radius 2 is 1.74 bits per heavy atom. The number of carbonyl (C=O) groups is 4. The summed E-state index contributed by atoms with van der Waals surface area (Å²) in [7, 11) is -4.10. The van der Waals surface area contributed by atoms with Gasteiger partial charge in [0.05, 0.1) is 23.1 Å². The molecule has 2 saturated carbocycles. The topological polar surface area (TPSA) is 200 Å². The molecule has 1 aromatic carbocycles. The average molecular weight is 942 g/mol. The SMILES string of the molecule is CC1CCC=CC2CC2(C(=O)NS(=O)(=O)C2(C)CC2)NC(=O)C2CC(Oc3cc(-c4ccc(OC(C)C)cc4)nc(-n4cccn4)c3)CN2C(=O)C(NC(=O)OC(C)(C)C(F)(F)F)C(C)C1. The van der Waals surface area contributed by atoms with Crippen molar-refractivity contribution in [3.8, 4) is 28.6 Å². The second-order valence-electron chi connectivity index (χ2n) is 19.2. The highest BCUT2D eigenvalue weighted by Gasteiger charge is 2.63. The summed E-state index contributed by atoms with van der Waals surface area (Å²) in [6.45, 7) is 10.2. The number of nitrogens with zero attached hydrogens (tertiary/aromatic N) is 4. The third-order valence-corrected chi connectivity index (χ3v) is 15.1. The van der Waals surface area contributed by atoms with Crippen LogP contribution in [-0.4, -0.2) is 105 Å². The van der Waals surface area contributed by atoms with Crippen LogP contribution in [0.5, 0.6) is 11.5 Å². The number of alkyl carbamates (subject to hydrolysis) is 1. The van der Waals surface area contributed by atoms with Crippen LogP contribution in [0.1, 0.15) is 93.4 Å². The number of amides is 4. The van der Waals surface area contributed by atoms with Crippen LogP contribution in [0.2, 0.25) is 0 Å². The summed E-state index contributed by atoms with van der Waals surface area (Å²) < 4.78 is 88.1.